The number of carbonyl (C=O) groups is 1. The third kappa shape index (κ3) is 2.35. The van der Waals surface area contributed by atoms with Crippen molar-refractivity contribution in [1.29, 1.82) is 0 Å². The Kier molecular flexibility index (Phi) is 3.92. The smallest absolute Gasteiger partial charge is 0.316 e. The molecule has 2 rings (SSSR count). The van der Waals surface area contributed by atoms with Crippen molar-refractivity contribution in [3.05, 3.63) is 47.7 Å². The Morgan fingerprint density at radius 2 is 1.94 bits per heavy atom. The van der Waals surface area contributed by atoms with Crippen LogP contribution in [-0.4, -0.2) is 29.3 Å². The molecular weight excluding hydrogens is 224 g/mol. The van der Waals surface area contributed by atoms with E-state index in [0.717, 1.165) is 24.4 Å². The van der Waals surface area contributed by atoms with Crippen molar-refractivity contribution in [3.8, 4) is 0 Å². The number of likely N-dealkylation sites (N-methyl/N-ethyl adjacent to an activating group) is 1. The van der Waals surface area contributed by atoms with Gasteiger partial charge in [-0.25, -0.2) is 0 Å². The first-order chi connectivity index (χ1) is 8.77. The number of nitrogens with zero attached hydrogens (tertiary/aromatic N) is 1. The van der Waals surface area contributed by atoms with Crippen LogP contribution in [0.3, 0.4) is 0 Å². The van der Waals surface area contributed by atoms with Crippen molar-refractivity contribution >= 4 is 11.6 Å². The summed E-state index contributed by atoms with van der Waals surface area (Å²) in [7, 11) is 0. The van der Waals surface area contributed by atoms with Crippen molar-refractivity contribution in [2.45, 2.75) is 20.3 Å². The maximum absolute atomic E-state index is 11.9. The molecule has 0 atom stereocenters. The fraction of sp³-hybridized carbons (Fsp3) is 0.333. The van der Waals surface area contributed by atoms with Crippen LogP contribution in [0.15, 0.2) is 42.1 Å². The molecule has 1 N–H and O–H groups in total. The lowest BCUT2D eigenvalue weighted by atomic mass is 10.0. The molecule has 1 aliphatic heterocycles. The maximum atomic E-state index is 11.9. The molecule has 0 radical (unpaired) electrons. The van der Waals surface area contributed by atoms with E-state index in [1.807, 2.05) is 31.2 Å². The van der Waals surface area contributed by atoms with E-state index in [-0.39, 0.29) is 5.91 Å². The number of hydrogen-bond acceptors (Lipinski definition) is 1. The van der Waals surface area contributed by atoms with Gasteiger partial charge in [0.1, 0.15) is 6.54 Å². The van der Waals surface area contributed by atoms with Gasteiger partial charge in [0.25, 0.3) is 5.70 Å². The van der Waals surface area contributed by atoms with Crippen LogP contribution < -0.4 is 5.32 Å². The summed E-state index contributed by atoms with van der Waals surface area (Å²) in [6.07, 6.45) is 2.99. The summed E-state index contributed by atoms with van der Waals surface area (Å²) in [5.74, 6) is 0.0191. The second-order valence-electron chi connectivity index (χ2n) is 4.29. The summed E-state index contributed by atoms with van der Waals surface area (Å²) in [4.78, 5) is 11.9. The second kappa shape index (κ2) is 5.63. The number of benzene rings is 1. The third-order valence-electron chi connectivity index (χ3n) is 2.94. The number of carbonyl (C=O) groups excluding carboxylic acids is 1. The van der Waals surface area contributed by atoms with E-state index < -0.39 is 0 Å². The highest BCUT2D eigenvalue weighted by molar-refractivity contribution is 6.13. The number of allylic oxidation sites excluding steroid dienone is 1. The Morgan fingerprint density at radius 1 is 1.22 bits per heavy atom. The van der Waals surface area contributed by atoms with Crippen molar-refractivity contribution < 1.29 is 9.37 Å². The van der Waals surface area contributed by atoms with Gasteiger partial charge in [-0.1, -0.05) is 25.1 Å². The Hall–Kier alpha value is -1.90. The van der Waals surface area contributed by atoms with Crippen LogP contribution in [0.5, 0.6) is 0 Å². The monoisotopic (exact) mass is 243 g/mol. The number of nitrogens with one attached hydrogen (secondary N) is 1. The van der Waals surface area contributed by atoms with Crippen molar-refractivity contribution in [2.24, 2.45) is 0 Å². The molecule has 0 aliphatic carbocycles. The molecule has 1 aliphatic rings. The molecule has 0 spiro atoms. The van der Waals surface area contributed by atoms with Crippen LogP contribution in [0.25, 0.3) is 0 Å². The van der Waals surface area contributed by atoms with Gasteiger partial charge in [0.05, 0.1) is 6.08 Å². The SMILES string of the molecule is CCC[N+]1=C(c2ccccc2)C=C1C(=O)NCC. The highest BCUT2D eigenvalue weighted by Crippen LogP contribution is 2.17. The van der Waals surface area contributed by atoms with Gasteiger partial charge in [0, 0.05) is 18.5 Å². The van der Waals surface area contributed by atoms with Crippen LogP contribution in [0.1, 0.15) is 25.8 Å². The van der Waals surface area contributed by atoms with Crippen LogP contribution in [0.2, 0.25) is 0 Å². The molecule has 0 unspecified atom stereocenters. The van der Waals surface area contributed by atoms with Gasteiger partial charge < -0.3 is 5.32 Å². The van der Waals surface area contributed by atoms with E-state index in [1.54, 1.807) is 0 Å². The summed E-state index contributed by atoms with van der Waals surface area (Å²) >= 11 is 0. The van der Waals surface area contributed by atoms with Gasteiger partial charge >= 0.3 is 5.91 Å². The molecule has 18 heavy (non-hydrogen) atoms. The quantitative estimate of drug-likeness (QED) is 0.787. The molecule has 0 saturated carbocycles. The van der Waals surface area contributed by atoms with Gasteiger partial charge in [-0.05, 0) is 19.1 Å². The minimum atomic E-state index is 0.0191. The predicted molar refractivity (Wildman–Crippen MR) is 72.7 cm³/mol. The van der Waals surface area contributed by atoms with E-state index in [0.29, 0.717) is 6.54 Å². The first kappa shape index (κ1) is 12.6. The molecule has 0 bridgehead atoms. The van der Waals surface area contributed by atoms with E-state index in [4.69, 9.17) is 0 Å². The molecule has 0 saturated heterocycles. The minimum Gasteiger partial charge on any atom is -0.347 e. The van der Waals surface area contributed by atoms with E-state index in [9.17, 15) is 4.79 Å². The van der Waals surface area contributed by atoms with Crippen molar-refractivity contribution in [1.82, 2.24) is 5.32 Å². The molecule has 3 heteroatoms. The third-order valence-corrected chi connectivity index (χ3v) is 2.94. The maximum Gasteiger partial charge on any atom is 0.316 e. The standard InChI is InChI=1S/C15H18N2O/c1-3-10-17-13(12-8-6-5-7-9-12)11-14(17)15(18)16-4-2/h5-9,11H,3-4,10H2,1-2H3/p+1. The van der Waals surface area contributed by atoms with E-state index in [2.05, 4.69) is 28.9 Å². The molecule has 0 aromatic heterocycles. The lowest BCUT2D eigenvalue weighted by Crippen LogP contribution is -2.39. The van der Waals surface area contributed by atoms with Gasteiger partial charge in [-0.2, -0.15) is 4.58 Å². The Labute approximate surface area is 108 Å². The fourth-order valence-corrected chi connectivity index (χ4v) is 2.10. The molecule has 1 aromatic rings. The van der Waals surface area contributed by atoms with Gasteiger partial charge in [0.15, 0.2) is 0 Å². The molecule has 1 heterocycles. The summed E-state index contributed by atoms with van der Waals surface area (Å²) in [5, 5.41) is 2.85. The predicted octanol–water partition coefficient (Wildman–Crippen LogP) is 1.93. The normalized spacial score (nSPS) is 14.0. The minimum absolute atomic E-state index is 0.0191. The van der Waals surface area contributed by atoms with Crippen LogP contribution in [-0.2, 0) is 4.79 Å². The largest absolute Gasteiger partial charge is 0.347 e. The van der Waals surface area contributed by atoms with Crippen LogP contribution in [0.4, 0.5) is 0 Å². The van der Waals surface area contributed by atoms with Crippen LogP contribution >= 0.6 is 0 Å². The number of amides is 1. The summed E-state index contributed by atoms with van der Waals surface area (Å²) in [6, 6.07) is 10.2. The lowest BCUT2D eigenvalue weighted by Gasteiger charge is -2.16. The number of hydrogen-bond donors (Lipinski definition) is 1. The fourth-order valence-electron chi connectivity index (χ4n) is 2.10. The average Bonchev–Trinajstić information content (AvgIpc) is 2.36. The summed E-state index contributed by atoms with van der Waals surface area (Å²) in [6.45, 7) is 5.60. The molecule has 3 nitrogen and oxygen atoms in total. The lowest BCUT2D eigenvalue weighted by molar-refractivity contribution is -0.481. The zero-order chi connectivity index (χ0) is 13.0. The topological polar surface area (TPSA) is 32.1 Å². The summed E-state index contributed by atoms with van der Waals surface area (Å²) < 4.78 is 2.10. The summed E-state index contributed by atoms with van der Waals surface area (Å²) in [5.41, 5.74) is 3.08. The number of rotatable bonds is 5. The molecule has 1 aromatic carbocycles. The van der Waals surface area contributed by atoms with E-state index >= 15 is 0 Å². The highest BCUT2D eigenvalue weighted by atomic mass is 16.2. The molecule has 0 fully saturated rings. The first-order valence-corrected chi connectivity index (χ1v) is 6.47. The first-order valence-electron chi connectivity index (χ1n) is 6.47. The van der Waals surface area contributed by atoms with Gasteiger partial charge in [-0.15, -0.1) is 0 Å². The van der Waals surface area contributed by atoms with Crippen molar-refractivity contribution in [3.63, 3.8) is 0 Å². The van der Waals surface area contributed by atoms with Gasteiger partial charge in [-0.3, -0.25) is 4.79 Å². The molecule has 1 amide bonds. The van der Waals surface area contributed by atoms with Gasteiger partial charge in [0.2, 0.25) is 5.71 Å². The Morgan fingerprint density at radius 3 is 2.56 bits per heavy atom. The molecular formula is C15H19N2O+. The average molecular weight is 243 g/mol. The zero-order valence-electron chi connectivity index (χ0n) is 10.9. The Bertz CT molecular complexity index is 500. The van der Waals surface area contributed by atoms with Crippen molar-refractivity contribution in [2.75, 3.05) is 13.1 Å². The van der Waals surface area contributed by atoms with Crippen LogP contribution in [0, 0.1) is 0 Å². The zero-order valence-corrected chi connectivity index (χ0v) is 10.9. The Balaban J connectivity index is 2.23. The highest BCUT2D eigenvalue weighted by Gasteiger charge is 2.34. The van der Waals surface area contributed by atoms with E-state index in [1.165, 1.54) is 5.56 Å². The molecule has 94 valence electrons. The second-order valence-corrected chi connectivity index (χ2v) is 4.29.